The summed E-state index contributed by atoms with van der Waals surface area (Å²) in [5.41, 5.74) is 11.6. The summed E-state index contributed by atoms with van der Waals surface area (Å²) >= 11 is 0. The first-order valence-electron chi connectivity index (χ1n) is 5.95. The summed E-state index contributed by atoms with van der Waals surface area (Å²) in [5.74, 6) is 0. The van der Waals surface area contributed by atoms with Crippen LogP contribution in [0, 0.1) is 0 Å². The average Bonchev–Trinajstić information content (AvgIpc) is 2.51. The molecule has 0 aliphatic rings. The van der Waals surface area contributed by atoms with Crippen LogP contribution in [0.5, 0.6) is 0 Å². The summed E-state index contributed by atoms with van der Waals surface area (Å²) in [6.45, 7) is 0.628. The molecule has 0 amide bonds. The third-order valence-corrected chi connectivity index (χ3v) is 2.63. The fraction of sp³-hybridized carbons (Fsp3) is 0.143. The molecule has 0 aliphatic carbocycles. The van der Waals surface area contributed by atoms with E-state index in [9.17, 15) is 4.79 Å². The van der Waals surface area contributed by atoms with Crippen molar-refractivity contribution in [2.45, 2.75) is 13.2 Å². The van der Waals surface area contributed by atoms with Gasteiger partial charge in [-0.25, -0.2) is 0 Å². The first kappa shape index (κ1) is 13.6. The Hall–Kier alpha value is -2.85. The van der Waals surface area contributed by atoms with Crippen LogP contribution in [0.4, 0.5) is 0 Å². The van der Waals surface area contributed by atoms with Crippen molar-refractivity contribution in [2.75, 3.05) is 0 Å². The number of benzene rings is 1. The van der Waals surface area contributed by atoms with Gasteiger partial charge in [0.1, 0.15) is 6.61 Å². The number of azide groups is 1. The topological polar surface area (TPSA) is 88.0 Å². The number of aromatic nitrogens is 1. The van der Waals surface area contributed by atoms with Crippen LogP contribution >= 0.6 is 0 Å². The van der Waals surface area contributed by atoms with E-state index in [1.807, 2.05) is 42.5 Å². The molecule has 0 saturated carbocycles. The van der Waals surface area contributed by atoms with Crippen LogP contribution in [-0.2, 0) is 22.7 Å². The van der Waals surface area contributed by atoms with Crippen LogP contribution in [0.1, 0.15) is 11.4 Å². The molecule has 0 spiro atoms. The first-order chi connectivity index (χ1) is 9.83. The van der Waals surface area contributed by atoms with E-state index in [0.29, 0.717) is 17.9 Å². The largest absolute Gasteiger partial charge is 0.461 e. The number of carbonyl (C=O) groups excluding carboxylic acids is 1. The quantitative estimate of drug-likeness (QED) is 0.348. The molecule has 1 heterocycles. The molecule has 0 fully saturated rings. The molecule has 0 saturated heterocycles. The van der Waals surface area contributed by atoms with Crippen molar-refractivity contribution >= 4 is 6.47 Å². The molecule has 2 rings (SSSR count). The Kier molecular flexibility index (Phi) is 4.70. The van der Waals surface area contributed by atoms with Crippen molar-refractivity contribution in [3.05, 3.63) is 64.3 Å². The minimum atomic E-state index is 0.0907. The number of ether oxygens (including phenoxy) is 1. The maximum Gasteiger partial charge on any atom is 0.293 e. The lowest BCUT2D eigenvalue weighted by Gasteiger charge is -2.07. The van der Waals surface area contributed by atoms with Crippen molar-refractivity contribution in [3.63, 3.8) is 0 Å². The van der Waals surface area contributed by atoms with Gasteiger partial charge < -0.3 is 4.74 Å². The third kappa shape index (κ3) is 3.57. The highest BCUT2D eigenvalue weighted by atomic mass is 16.5. The minimum Gasteiger partial charge on any atom is -0.461 e. The number of hydrogen-bond donors (Lipinski definition) is 0. The second kappa shape index (κ2) is 6.92. The van der Waals surface area contributed by atoms with Gasteiger partial charge in [-0.3, -0.25) is 9.78 Å². The van der Waals surface area contributed by atoms with Gasteiger partial charge in [-0.2, -0.15) is 0 Å². The fourth-order valence-electron chi connectivity index (χ4n) is 1.83. The molecule has 0 N–H and O–H groups in total. The van der Waals surface area contributed by atoms with Crippen molar-refractivity contribution < 1.29 is 9.53 Å². The van der Waals surface area contributed by atoms with Crippen LogP contribution in [-0.4, -0.2) is 11.5 Å². The van der Waals surface area contributed by atoms with Crippen LogP contribution in [0.2, 0.25) is 0 Å². The number of hydrogen-bond acceptors (Lipinski definition) is 4. The smallest absolute Gasteiger partial charge is 0.293 e. The Balaban J connectivity index is 2.39. The highest BCUT2D eigenvalue weighted by Gasteiger charge is 2.05. The highest BCUT2D eigenvalue weighted by molar-refractivity contribution is 5.64. The Morgan fingerprint density at radius 3 is 2.65 bits per heavy atom. The lowest BCUT2D eigenvalue weighted by molar-refractivity contribution is -0.129. The predicted octanol–water partition coefficient (Wildman–Crippen LogP) is 3.23. The van der Waals surface area contributed by atoms with Crippen molar-refractivity contribution in [3.8, 4) is 11.1 Å². The number of rotatable bonds is 6. The Labute approximate surface area is 115 Å². The van der Waals surface area contributed by atoms with Gasteiger partial charge in [-0.15, -0.1) is 0 Å². The van der Waals surface area contributed by atoms with E-state index in [0.717, 1.165) is 11.1 Å². The van der Waals surface area contributed by atoms with Gasteiger partial charge >= 0.3 is 0 Å². The van der Waals surface area contributed by atoms with E-state index in [2.05, 4.69) is 15.0 Å². The van der Waals surface area contributed by atoms with Gasteiger partial charge in [-0.1, -0.05) is 35.4 Å². The molecule has 6 heteroatoms. The maximum absolute atomic E-state index is 10.3. The van der Waals surface area contributed by atoms with Crippen LogP contribution < -0.4 is 0 Å². The Morgan fingerprint density at radius 2 is 1.95 bits per heavy atom. The van der Waals surface area contributed by atoms with Gasteiger partial charge in [0.15, 0.2) is 0 Å². The van der Waals surface area contributed by atoms with E-state index in [4.69, 9.17) is 10.3 Å². The van der Waals surface area contributed by atoms with E-state index < -0.39 is 0 Å². The lowest BCUT2D eigenvalue weighted by Crippen LogP contribution is -1.99. The van der Waals surface area contributed by atoms with Crippen molar-refractivity contribution in [1.82, 2.24) is 4.98 Å². The van der Waals surface area contributed by atoms with E-state index in [1.54, 1.807) is 0 Å². The summed E-state index contributed by atoms with van der Waals surface area (Å²) in [6, 6.07) is 13.4. The molecule has 1 aromatic heterocycles. The van der Waals surface area contributed by atoms with Gasteiger partial charge in [0.25, 0.3) is 6.47 Å². The van der Waals surface area contributed by atoms with E-state index >= 15 is 0 Å². The third-order valence-electron chi connectivity index (χ3n) is 2.63. The van der Waals surface area contributed by atoms with Gasteiger partial charge in [0, 0.05) is 10.6 Å². The maximum atomic E-state index is 10.3. The molecular formula is C14H12N4O2. The zero-order valence-corrected chi connectivity index (χ0v) is 10.6. The van der Waals surface area contributed by atoms with E-state index in [-0.39, 0.29) is 13.2 Å². The zero-order chi connectivity index (χ0) is 14.2. The summed E-state index contributed by atoms with van der Waals surface area (Å²) in [4.78, 5) is 17.3. The SMILES string of the molecule is [N-]=[N+]=NCc1cc(-c2ccccc2)cc(COC=O)n1. The van der Waals surface area contributed by atoms with Crippen LogP contribution in [0.25, 0.3) is 21.6 Å². The van der Waals surface area contributed by atoms with Gasteiger partial charge in [0.05, 0.1) is 12.2 Å². The molecule has 20 heavy (non-hydrogen) atoms. The highest BCUT2D eigenvalue weighted by Crippen LogP contribution is 2.21. The number of nitrogens with zero attached hydrogens (tertiary/aromatic N) is 4. The molecule has 6 nitrogen and oxygen atoms in total. The van der Waals surface area contributed by atoms with Gasteiger partial charge in [-0.05, 0) is 28.8 Å². The van der Waals surface area contributed by atoms with E-state index in [1.165, 1.54) is 0 Å². The standard InChI is InChI=1S/C14H12N4O2/c15-18-16-8-13-6-12(11-4-2-1-3-5-11)7-14(17-13)9-20-10-19/h1-7,10H,8-9H2. The molecule has 0 atom stereocenters. The van der Waals surface area contributed by atoms with Gasteiger partial charge in [0.2, 0.25) is 0 Å². The molecule has 0 unspecified atom stereocenters. The zero-order valence-electron chi connectivity index (χ0n) is 10.6. The Bertz CT molecular complexity index is 637. The van der Waals surface area contributed by atoms with Crippen LogP contribution in [0.3, 0.4) is 0 Å². The molecule has 2 aromatic rings. The Morgan fingerprint density at radius 1 is 1.20 bits per heavy atom. The lowest BCUT2D eigenvalue weighted by atomic mass is 10.0. The molecule has 100 valence electrons. The average molecular weight is 268 g/mol. The monoisotopic (exact) mass is 268 g/mol. The normalized spacial score (nSPS) is 9.60. The minimum absolute atomic E-state index is 0.0907. The molecular weight excluding hydrogens is 256 g/mol. The molecule has 0 bridgehead atoms. The second-order valence-corrected chi connectivity index (χ2v) is 4.00. The van der Waals surface area contributed by atoms with Crippen molar-refractivity contribution in [2.24, 2.45) is 5.11 Å². The summed E-state index contributed by atoms with van der Waals surface area (Å²) in [6.07, 6.45) is 0. The van der Waals surface area contributed by atoms with Crippen molar-refractivity contribution in [1.29, 1.82) is 0 Å². The van der Waals surface area contributed by atoms with Crippen LogP contribution in [0.15, 0.2) is 47.6 Å². The second-order valence-electron chi connectivity index (χ2n) is 4.00. The molecule has 0 aliphatic heterocycles. The number of pyridine rings is 1. The number of carbonyl (C=O) groups is 1. The summed E-state index contributed by atoms with van der Waals surface area (Å²) in [7, 11) is 0. The molecule has 1 aromatic carbocycles. The summed E-state index contributed by atoms with van der Waals surface area (Å²) in [5, 5.41) is 3.51. The summed E-state index contributed by atoms with van der Waals surface area (Å²) < 4.78 is 4.72. The first-order valence-corrected chi connectivity index (χ1v) is 5.95. The fourth-order valence-corrected chi connectivity index (χ4v) is 1.83. The molecule has 0 radical (unpaired) electrons. The predicted molar refractivity (Wildman–Crippen MR) is 73.4 cm³/mol.